The summed E-state index contributed by atoms with van der Waals surface area (Å²) in [4.78, 5) is 15.4. The number of hydrogen-bond acceptors (Lipinski definition) is 3. The predicted molar refractivity (Wildman–Crippen MR) is 135 cm³/mol. The third-order valence-corrected chi connectivity index (χ3v) is 7.94. The largest absolute Gasteiger partial charge is 0.496 e. The van der Waals surface area contributed by atoms with Crippen molar-refractivity contribution in [1.82, 2.24) is 4.90 Å². The minimum atomic E-state index is -0.169. The zero-order valence-corrected chi connectivity index (χ0v) is 19.7. The number of nitrogens with zero attached hydrogens (tertiary/aromatic N) is 1. The molecule has 1 aliphatic heterocycles. The molecule has 2 unspecified atom stereocenters. The van der Waals surface area contributed by atoms with Gasteiger partial charge in [0.1, 0.15) is 17.4 Å². The number of para-hydroxylation sites is 1. The van der Waals surface area contributed by atoms with Gasteiger partial charge >= 0.3 is 0 Å². The number of methoxy groups -OCH3 is 1. The fourth-order valence-electron chi connectivity index (χ4n) is 6.30. The molecule has 1 aliphatic carbocycles. The predicted octanol–water partition coefficient (Wildman–Crippen LogP) is 5.50. The van der Waals surface area contributed by atoms with E-state index in [1.165, 1.54) is 11.1 Å². The average Bonchev–Trinajstić information content (AvgIpc) is 2.90. The number of likely N-dealkylation sites (tertiary alicyclic amines) is 1. The van der Waals surface area contributed by atoms with Crippen molar-refractivity contribution >= 4 is 11.6 Å². The first-order valence-electron chi connectivity index (χ1n) is 12.2. The molecule has 2 atom stereocenters. The fraction of sp³-hybridized carbons (Fsp3) is 0.333. The maximum atomic E-state index is 13.3. The van der Waals surface area contributed by atoms with Gasteiger partial charge in [-0.25, -0.2) is 0 Å². The number of rotatable bonds is 5. The molecule has 3 aromatic rings. The lowest BCUT2D eigenvalue weighted by molar-refractivity contribution is -0.130. The summed E-state index contributed by atoms with van der Waals surface area (Å²) in [6, 6.07) is 29.4. The van der Waals surface area contributed by atoms with Gasteiger partial charge in [0.25, 0.3) is 0 Å². The van der Waals surface area contributed by atoms with E-state index in [1.807, 2.05) is 24.3 Å². The molecule has 1 heterocycles. The van der Waals surface area contributed by atoms with Crippen LogP contribution in [0.25, 0.3) is 0 Å². The number of ketones is 1. The molecular weight excluding hydrogens is 420 g/mol. The lowest BCUT2D eigenvalue weighted by atomic mass is 9.53. The Balaban J connectivity index is 1.45. The number of fused-ring (bicyclic) bond motifs is 1. The summed E-state index contributed by atoms with van der Waals surface area (Å²) in [6.45, 7) is 1.42. The van der Waals surface area contributed by atoms with Crippen molar-refractivity contribution in [3.63, 3.8) is 0 Å². The molecule has 0 amide bonds. The average molecular weight is 453 g/mol. The van der Waals surface area contributed by atoms with E-state index < -0.39 is 0 Å². The highest BCUT2D eigenvalue weighted by Gasteiger charge is 2.52. The molecule has 1 saturated carbocycles. The Labute approximate surface area is 202 Å². The molecule has 0 aromatic heterocycles. The van der Waals surface area contributed by atoms with Gasteiger partial charge in [-0.05, 0) is 36.0 Å². The summed E-state index contributed by atoms with van der Waals surface area (Å²) >= 11 is 0. The van der Waals surface area contributed by atoms with Gasteiger partial charge in [-0.3, -0.25) is 10.2 Å². The van der Waals surface area contributed by atoms with Crippen molar-refractivity contribution in [1.29, 1.82) is 5.41 Å². The second kappa shape index (κ2) is 9.46. The summed E-state index contributed by atoms with van der Waals surface area (Å²) < 4.78 is 5.49. The topological polar surface area (TPSA) is 53.4 Å². The van der Waals surface area contributed by atoms with Crippen LogP contribution >= 0.6 is 0 Å². The second-order valence-corrected chi connectivity index (χ2v) is 9.55. The second-order valence-electron chi connectivity index (χ2n) is 9.55. The normalized spacial score (nSPS) is 21.6. The number of benzene rings is 3. The van der Waals surface area contributed by atoms with Crippen LogP contribution in [0.3, 0.4) is 0 Å². The molecule has 4 nitrogen and oxygen atoms in total. The Bertz CT molecular complexity index is 1120. The van der Waals surface area contributed by atoms with Gasteiger partial charge in [0.15, 0.2) is 0 Å². The monoisotopic (exact) mass is 452 g/mol. The fourth-order valence-corrected chi connectivity index (χ4v) is 6.30. The van der Waals surface area contributed by atoms with Crippen LogP contribution in [0.1, 0.15) is 36.0 Å². The van der Waals surface area contributed by atoms with Crippen molar-refractivity contribution < 1.29 is 9.53 Å². The number of Topliss-reactive ketones (excluding diaryl/α,β-unsaturated/α-hetero) is 1. The van der Waals surface area contributed by atoms with E-state index in [2.05, 4.69) is 65.6 Å². The van der Waals surface area contributed by atoms with E-state index in [0.717, 1.165) is 30.7 Å². The van der Waals surface area contributed by atoms with E-state index in [9.17, 15) is 4.79 Å². The zero-order valence-electron chi connectivity index (χ0n) is 19.7. The molecule has 4 heteroatoms. The summed E-state index contributed by atoms with van der Waals surface area (Å²) in [7, 11) is 1.67. The SMILES string of the molecule is COc1ccccc1CC(=N)N1CCC2C(C1)C(=O)CCC2(c1ccccc1)c1ccccc1. The molecule has 1 N–H and O–H groups in total. The van der Waals surface area contributed by atoms with Gasteiger partial charge in [0.2, 0.25) is 0 Å². The highest BCUT2D eigenvalue weighted by molar-refractivity contribution is 5.86. The van der Waals surface area contributed by atoms with Crippen molar-refractivity contribution in [2.75, 3.05) is 20.2 Å². The van der Waals surface area contributed by atoms with E-state index in [-0.39, 0.29) is 17.3 Å². The minimum Gasteiger partial charge on any atom is -0.496 e. The van der Waals surface area contributed by atoms with Gasteiger partial charge < -0.3 is 9.64 Å². The maximum Gasteiger partial charge on any atom is 0.138 e. The summed E-state index contributed by atoms with van der Waals surface area (Å²) in [6.07, 6.45) is 2.84. The number of piperidine rings is 1. The molecule has 174 valence electrons. The Kier molecular flexibility index (Phi) is 6.23. The standard InChI is InChI=1S/C30H32N2O2/c1-34-28-15-9-8-10-22(28)20-29(31)32-19-17-26-25(21-32)27(33)16-18-30(26,23-11-4-2-5-12-23)24-13-6-3-7-14-24/h2-15,25-26,31H,16-21H2,1H3. The van der Waals surface area contributed by atoms with E-state index in [0.29, 0.717) is 31.0 Å². The van der Waals surface area contributed by atoms with Crippen LogP contribution in [-0.4, -0.2) is 36.7 Å². The van der Waals surface area contributed by atoms with Crippen LogP contribution in [0.2, 0.25) is 0 Å². The van der Waals surface area contributed by atoms with Gasteiger partial charge in [-0.1, -0.05) is 78.9 Å². The molecule has 0 bridgehead atoms. The molecular formula is C30H32N2O2. The van der Waals surface area contributed by atoms with Crippen LogP contribution in [0.5, 0.6) is 5.75 Å². The van der Waals surface area contributed by atoms with Crippen molar-refractivity contribution in [3.8, 4) is 5.75 Å². The smallest absolute Gasteiger partial charge is 0.138 e. The van der Waals surface area contributed by atoms with Crippen LogP contribution in [-0.2, 0) is 16.6 Å². The summed E-state index contributed by atoms with van der Waals surface area (Å²) in [5, 5.41) is 8.85. The van der Waals surface area contributed by atoms with Crippen molar-refractivity contribution in [2.45, 2.75) is 31.1 Å². The first-order chi connectivity index (χ1) is 16.6. The number of carbonyl (C=O) groups is 1. The number of amidine groups is 1. The van der Waals surface area contributed by atoms with Gasteiger partial charge in [-0.15, -0.1) is 0 Å². The van der Waals surface area contributed by atoms with Gasteiger partial charge in [0.05, 0.1) is 7.11 Å². The van der Waals surface area contributed by atoms with E-state index in [4.69, 9.17) is 10.1 Å². The molecule has 2 fully saturated rings. The van der Waals surface area contributed by atoms with E-state index >= 15 is 0 Å². The van der Waals surface area contributed by atoms with Crippen LogP contribution in [0, 0.1) is 17.2 Å². The number of ether oxygens (including phenoxy) is 1. The Morgan fingerprint density at radius 3 is 2.24 bits per heavy atom. The number of nitrogens with one attached hydrogen (secondary N) is 1. The third-order valence-electron chi connectivity index (χ3n) is 7.94. The minimum absolute atomic E-state index is 0.0686. The van der Waals surface area contributed by atoms with Crippen molar-refractivity contribution in [2.24, 2.45) is 11.8 Å². The van der Waals surface area contributed by atoms with Crippen LogP contribution in [0.4, 0.5) is 0 Å². The molecule has 0 spiro atoms. The lowest BCUT2D eigenvalue weighted by Gasteiger charge is -2.52. The highest BCUT2D eigenvalue weighted by atomic mass is 16.5. The quantitative estimate of drug-likeness (QED) is 0.411. The Morgan fingerprint density at radius 2 is 1.59 bits per heavy atom. The van der Waals surface area contributed by atoms with Crippen LogP contribution in [0.15, 0.2) is 84.9 Å². The molecule has 1 saturated heterocycles. The van der Waals surface area contributed by atoms with Gasteiger partial charge in [0, 0.05) is 42.8 Å². The van der Waals surface area contributed by atoms with E-state index in [1.54, 1.807) is 7.11 Å². The molecule has 5 rings (SSSR count). The third kappa shape index (κ3) is 3.91. The number of hydrogen-bond donors (Lipinski definition) is 1. The first-order valence-corrected chi connectivity index (χ1v) is 12.2. The molecule has 0 radical (unpaired) electrons. The molecule has 3 aromatic carbocycles. The van der Waals surface area contributed by atoms with Gasteiger partial charge in [-0.2, -0.15) is 0 Å². The number of carbonyl (C=O) groups excluding carboxylic acids is 1. The Hall–Kier alpha value is -3.40. The van der Waals surface area contributed by atoms with Crippen molar-refractivity contribution in [3.05, 3.63) is 102 Å². The Morgan fingerprint density at radius 1 is 0.971 bits per heavy atom. The zero-order chi connectivity index (χ0) is 23.5. The highest BCUT2D eigenvalue weighted by Crippen LogP contribution is 2.52. The summed E-state index contributed by atoms with van der Waals surface area (Å²) in [5.74, 6) is 1.88. The summed E-state index contributed by atoms with van der Waals surface area (Å²) in [5.41, 5.74) is 3.45. The first kappa shape index (κ1) is 22.4. The van der Waals surface area contributed by atoms with Crippen LogP contribution < -0.4 is 4.74 Å². The molecule has 2 aliphatic rings. The molecule has 34 heavy (non-hydrogen) atoms. The maximum absolute atomic E-state index is 13.3. The lowest BCUT2D eigenvalue weighted by Crippen LogP contribution is -2.56.